The van der Waals surface area contributed by atoms with Crippen LogP contribution in [-0.2, 0) is 22.3 Å². The van der Waals surface area contributed by atoms with E-state index >= 15 is 0 Å². The van der Waals surface area contributed by atoms with Gasteiger partial charge in [-0.1, -0.05) is 30.3 Å². The molecule has 0 spiro atoms. The summed E-state index contributed by atoms with van der Waals surface area (Å²) in [4.78, 5) is 36.6. The smallest absolute Gasteiger partial charge is 0.417 e. The summed E-state index contributed by atoms with van der Waals surface area (Å²) >= 11 is 1.47. The first kappa shape index (κ1) is 25.2. The van der Waals surface area contributed by atoms with Crippen LogP contribution in [0.15, 0.2) is 63.8 Å². The molecule has 0 saturated carbocycles. The van der Waals surface area contributed by atoms with Crippen molar-refractivity contribution >= 4 is 40.4 Å². The molecule has 0 aliphatic heterocycles. The highest BCUT2D eigenvalue weighted by Gasteiger charge is 2.34. The maximum absolute atomic E-state index is 13.2. The Morgan fingerprint density at radius 2 is 1.85 bits per heavy atom. The molecule has 0 aliphatic rings. The number of thioether (sulfide) groups is 1. The highest BCUT2D eigenvalue weighted by atomic mass is 32.2. The fraction of sp³-hybridized carbons (Fsp3) is 0.261. The number of rotatable bonds is 8. The molecule has 180 valence electrons. The van der Waals surface area contributed by atoms with Crippen LogP contribution >= 0.6 is 11.8 Å². The molecule has 11 heteroatoms. The van der Waals surface area contributed by atoms with Gasteiger partial charge in [-0.3, -0.25) is 4.79 Å². The molecule has 0 radical (unpaired) electrons. The maximum Gasteiger partial charge on any atom is 0.417 e. The predicted molar refractivity (Wildman–Crippen MR) is 123 cm³/mol. The molecule has 0 aliphatic carbocycles. The van der Waals surface area contributed by atoms with Crippen molar-refractivity contribution in [3.63, 3.8) is 0 Å². The van der Waals surface area contributed by atoms with Crippen LogP contribution in [0.2, 0.25) is 0 Å². The third-order valence-electron chi connectivity index (χ3n) is 4.75. The van der Waals surface area contributed by atoms with Gasteiger partial charge in [0, 0.05) is 23.2 Å². The zero-order chi connectivity index (χ0) is 24.7. The fourth-order valence-electron chi connectivity index (χ4n) is 3.12. The number of amides is 2. The molecule has 1 heterocycles. The third-order valence-corrected chi connectivity index (χ3v) is 5.39. The first-order valence-corrected chi connectivity index (χ1v) is 11.5. The van der Waals surface area contributed by atoms with Crippen LogP contribution in [0.3, 0.4) is 0 Å². The Hall–Kier alpha value is -3.47. The molecule has 0 bridgehead atoms. The largest absolute Gasteiger partial charge is 0.445 e. The molecule has 3 aromatic rings. The topological polar surface area (TPSA) is 97.6 Å². The van der Waals surface area contributed by atoms with Gasteiger partial charge in [-0.15, -0.1) is 0 Å². The number of alkyl carbamates (subject to hydrolysis) is 1. The van der Waals surface area contributed by atoms with E-state index in [0.717, 1.165) is 17.7 Å². The van der Waals surface area contributed by atoms with E-state index in [0.29, 0.717) is 11.8 Å². The van der Waals surface area contributed by atoms with Crippen LogP contribution in [0.1, 0.15) is 17.5 Å². The maximum atomic E-state index is 13.2. The highest BCUT2D eigenvalue weighted by molar-refractivity contribution is 7.98. The lowest BCUT2D eigenvalue weighted by Crippen LogP contribution is -2.44. The second kappa shape index (κ2) is 11.1. The Balaban J connectivity index is 1.73. The minimum Gasteiger partial charge on any atom is -0.445 e. The number of hydrogen-bond donors (Lipinski definition) is 2. The quantitative estimate of drug-likeness (QED) is 0.437. The minimum atomic E-state index is -4.74. The van der Waals surface area contributed by atoms with E-state index < -0.39 is 35.4 Å². The molecule has 0 fully saturated rings. The van der Waals surface area contributed by atoms with Gasteiger partial charge in [0.05, 0.1) is 5.56 Å². The van der Waals surface area contributed by atoms with Gasteiger partial charge >= 0.3 is 17.9 Å². The third kappa shape index (κ3) is 6.77. The number of carbonyl (C=O) groups excluding carboxylic acids is 2. The van der Waals surface area contributed by atoms with Gasteiger partial charge in [-0.2, -0.15) is 24.9 Å². The van der Waals surface area contributed by atoms with E-state index in [1.807, 2.05) is 12.3 Å². The van der Waals surface area contributed by atoms with Gasteiger partial charge in [0.1, 0.15) is 18.2 Å². The number of hydrogen-bond acceptors (Lipinski definition) is 6. The molecule has 1 aromatic heterocycles. The van der Waals surface area contributed by atoms with Crippen LogP contribution < -0.4 is 16.3 Å². The summed E-state index contributed by atoms with van der Waals surface area (Å²) in [5.41, 5.74) is -1.73. The van der Waals surface area contributed by atoms with Crippen molar-refractivity contribution in [2.45, 2.75) is 25.2 Å². The van der Waals surface area contributed by atoms with E-state index in [-0.39, 0.29) is 29.7 Å². The van der Waals surface area contributed by atoms with E-state index in [2.05, 4.69) is 10.6 Å². The molecule has 7 nitrogen and oxygen atoms in total. The Morgan fingerprint density at radius 3 is 2.53 bits per heavy atom. The standard InChI is InChI=1S/C23H21F3N2O5S/c1-34-10-9-18(28-22(31)32-13-14-5-3-2-4-6-14)21(30)27-15-7-8-16-17(23(24,25)26)12-20(29)33-19(16)11-15/h2-8,11-12,18H,9-10,13H2,1H3,(H,27,30)(H,28,31)/t18-/m0/s1. The molecule has 2 amide bonds. The van der Waals surface area contributed by atoms with Crippen LogP contribution in [0.25, 0.3) is 11.0 Å². The van der Waals surface area contributed by atoms with Gasteiger partial charge in [-0.05, 0) is 36.1 Å². The van der Waals surface area contributed by atoms with Crippen molar-refractivity contribution in [2.24, 2.45) is 0 Å². The van der Waals surface area contributed by atoms with Crippen molar-refractivity contribution in [1.29, 1.82) is 0 Å². The van der Waals surface area contributed by atoms with Crippen LogP contribution in [0.5, 0.6) is 0 Å². The molecule has 2 aromatic carbocycles. The van der Waals surface area contributed by atoms with E-state index in [1.54, 1.807) is 24.3 Å². The summed E-state index contributed by atoms with van der Waals surface area (Å²) < 4.78 is 49.7. The summed E-state index contributed by atoms with van der Waals surface area (Å²) in [6.45, 7) is 0.0226. The lowest BCUT2D eigenvalue weighted by atomic mass is 10.1. The summed E-state index contributed by atoms with van der Waals surface area (Å²) in [5.74, 6) is -0.0436. The average Bonchev–Trinajstić information content (AvgIpc) is 2.79. The monoisotopic (exact) mass is 494 g/mol. The fourth-order valence-corrected chi connectivity index (χ4v) is 3.59. The number of benzene rings is 2. The second-order valence-corrected chi connectivity index (χ2v) is 8.20. The normalized spacial score (nSPS) is 12.2. The number of fused-ring (bicyclic) bond motifs is 1. The van der Waals surface area contributed by atoms with Gasteiger partial charge in [0.15, 0.2) is 0 Å². The molecule has 1 atom stereocenters. The molecular weight excluding hydrogens is 473 g/mol. The number of alkyl halides is 3. The Kier molecular flexibility index (Phi) is 8.21. The highest BCUT2D eigenvalue weighted by Crippen LogP contribution is 2.34. The van der Waals surface area contributed by atoms with E-state index in [4.69, 9.17) is 9.15 Å². The summed E-state index contributed by atoms with van der Waals surface area (Å²) in [6, 6.07) is 11.9. The summed E-state index contributed by atoms with van der Waals surface area (Å²) in [6.07, 6.45) is -3.41. The lowest BCUT2D eigenvalue weighted by molar-refractivity contribution is -0.136. The van der Waals surface area contributed by atoms with Gasteiger partial charge in [0.2, 0.25) is 5.91 Å². The Labute approximate surface area is 196 Å². The van der Waals surface area contributed by atoms with Gasteiger partial charge in [-0.25, -0.2) is 9.59 Å². The summed E-state index contributed by atoms with van der Waals surface area (Å²) in [7, 11) is 0. The van der Waals surface area contributed by atoms with Crippen LogP contribution in [0.4, 0.5) is 23.7 Å². The number of carbonyl (C=O) groups is 2. The average molecular weight is 494 g/mol. The van der Waals surface area contributed by atoms with Crippen LogP contribution in [-0.4, -0.2) is 30.1 Å². The number of anilines is 1. The molecular formula is C23H21F3N2O5S. The van der Waals surface area contributed by atoms with Crippen LogP contribution in [0, 0.1) is 0 Å². The molecule has 34 heavy (non-hydrogen) atoms. The van der Waals surface area contributed by atoms with Crippen molar-refractivity contribution in [1.82, 2.24) is 5.32 Å². The Bertz CT molecular complexity index is 1210. The number of ether oxygens (including phenoxy) is 1. The van der Waals surface area contributed by atoms with E-state index in [9.17, 15) is 27.6 Å². The molecule has 2 N–H and O–H groups in total. The SMILES string of the molecule is CSCC[C@H](NC(=O)OCc1ccccc1)C(=O)Nc1ccc2c(C(F)(F)F)cc(=O)oc2c1. The van der Waals surface area contributed by atoms with Crippen molar-refractivity contribution in [3.05, 3.63) is 76.1 Å². The lowest BCUT2D eigenvalue weighted by Gasteiger charge is -2.18. The predicted octanol–water partition coefficient (Wildman–Crippen LogP) is 4.80. The molecule has 0 unspecified atom stereocenters. The molecule has 3 rings (SSSR count). The zero-order valence-corrected chi connectivity index (χ0v) is 18.8. The summed E-state index contributed by atoms with van der Waals surface area (Å²) in [5, 5.41) is 4.73. The van der Waals surface area contributed by atoms with Crippen molar-refractivity contribution < 1.29 is 31.9 Å². The number of nitrogens with one attached hydrogen (secondary N) is 2. The second-order valence-electron chi connectivity index (χ2n) is 7.22. The number of halogens is 3. The first-order valence-electron chi connectivity index (χ1n) is 10.1. The molecule has 0 saturated heterocycles. The minimum absolute atomic E-state index is 0.0226. The van der Waals surface area contributed by atoms with Crippen molar-refractivity contribution in [3.8, 4) is 0 Å². The Morgan fingerprint density at radius 1 is 1.12 bits per heavy atom. The first-order chi connectivity index (χ1) is 16.2. The van der Waals surface area contributed by atoms with Crippen molar-refractivity contribution in [2.75, 3.05) is 17.3 Å². The van der Waals surface area contributed by atoms with Gasteiger partial charge < -0.3 is 19.8 Å². The van der Waals surface area contributed by atoms with Gasteiger partial charge in [0.25, 0.3) is 0 Å². The zero-order valence-electron chi connectivity index (χ0n) is 18.0. The van der Waals surface area contributed by atoms with E-state index in [1.165, 1.54) is 17.8 Å².